The van der Waals surface area contributed by atoms with Crippen LogP contribution in [-0.2, 0) is 14.4 Å². The molecule has 32 heavy (non-hydrogen) atoms. The summed E-state index contributed by atoms with van der Waals surface area (Å²) in [7, 11) is 0. The van der Waals surface area contributed by atoms with Crippen molar-refractivity contribution in [1.82, 2.24) is 0 Å². The number of nitrogens with zero attached hydrogens (tertiary/aromatic N) is 1. The Morgan fingerprint density at radius 1 is 0.656 bits per heavy atom. The number of carboxylic acid groups (broad SMARTS) is 3. The van der Waals surface area contributed by atoms with E-state index in [4.69, 9.17) is 10.2 Å². The first kappa shape index (κ1) is 30.1. The Hall–Kier alpha value is -1.89. The van der Waals surface area contributed by atoms with Crippen LogP contribution >= 0.6 is 0 Å². The van der Waals surface area contributed by atoms with E-state index in [-0.39, 0.29) is 43.4 Å². The van der Waals surface area contributed by atoms with Crippen LogP contribution in [0.2, 0.25) is 0 Å². The molecular weight excluding hydrogens is 410 g/mol. The van der Waals surface area contributed by atoms with Gasteiger partial charge in [0.2, 0.25) is 0 Å². The average molecular weight is 456 g/mol. The van der Waals surface area contributed by atoms with Crippen molar-refractivity contribution >= 4 is 17.9 Å². The van der Waals surface area contributed by atoms with E-state index in [9.17, 15) is 19.5 Å². The van der Waals surface area contributed by atoms with E-state index in [1.54, 1.807) is 0 Å². The molecule has 0 spiro atoms. The number of carbonyl (C=O) groups is 3. The van der Waals surface area contributed by atoms with Gasteiger partial charge in [0.05, 0.1) is 39.0 Å². The molecule has 2 N–H and O–H groups in total. The van der Waals surface area contributed by atoms with Crippen LogP contribution in [0.4, 0.5) is 0 Å². The highest BCUT2D eigenvalue weighted by Gasteiger charge is 2.28. The van der Waals surface area contributed by atoms with Gasteiger partial charge in [0.1, 0.15) is 0 Å². The molecule has 0 aromatic rings. The monoisotopic (exact) mass is 455 g/mol. The third-order valence-corrected chi connectivity index (χ3v) is 6.13. The molecule has 0 bridgehead atoms. The Labute approximate surface area is 194 Å². The average Bonchev–Trinajstić information content (AvgIpc) is 2.74. The van der Waals surface area contributed by atoms with Crippen LogP contribution in [0.3, 0.4) is 0 Å². The van der Waals surface area contributed by atoms with Gasteiger partial charge in [-0.25, -0.2) is 0 Å². The van der Waals surface area contributed by atoms with E-state index in [1.165, 1.54) is 57.8 Å². The fraction of sp³-hybridized carbons (Fsp3) is 0.800. The molecule has 0 aliphatic carbocycles. The number of aliphatic carboxylic acids is 3. The molecule has 0 radical (unpaired) electrons. The normalized spacial score (nSPS) is 11.8. The number of hydrogen-bond donors (Lipinski definition) is 2. The second-order valence-electron chi connectivity index (χ2n) is 8.89. The second kappa shape index (κ2) is 19.8. The van der Waals surface area contributed by atoms with E-state index < -0.39 is 17.9 Å². The summed E-state index contributed by atoms with van der Waals surface area (Å²) in [5.41, 5.74) is 0. The van der Waals surface area contributed by atoms with Crippen LogP contribution in [0.25, 0.3) is 0 Å². The van der Waals surface area contributed by atoms with E-state index in [0.29, 0.717) is 6.54 Å². The lowest BCUT2D eigenvalue weighted by molar-refractivity contribution is -0.927. The SMILES string of the molecule is C/C=C/CCCCCCCCCCCCC[N+](CCC(=O)[O-])(CCC(=O)O)CCC(=O)O. The van der Waals surface area contributed by atoms with Crippen molar-refractivity contribution in [2.45, 2.75) is 103 Å². The molecule has 7 heteroatoms. The van der Waals surface area contributed by atoms with E-state index in [1.807, 2.05) is 0 Å². The number of quaternary nitrogens is 1. The van der Waals surface area contributed by atoms with Crippen LogP contribution in [0.1, 0.15) is 103 Å². The standard InChI is InChI=1S/C25H45NO6/c1-2-3-4-5-6-7-8-9-10-11-12-13-14-15-19-26(20-16-23(27)28,21-17-24(29)30)22-18-25(31)32/h2-3H,4-22H2,1H3,(H2-,27,28,29,30,31,32)/b3-2+. The molecule has 0 rings (SSSR count). The topological polar surface area (TPSA) is 115 Å². The van der Waals surface area contributed by atoms with Crippen molar-refractivity contribution in [3.05, 3.63) is 12.2 Å². The quantitative estimate of drug-likeness (QED) is 0.136. The van der Waals surface area contributed by atoms with Gasteiger partial charge in [-0.15, -0.1) is 0 Å². The third kappa shape index (κ3) is 18.8. The predicted molar refractivity (Wildman–Crippen MR) is 124 cm³/mol. The zero-order chi connectivity index (χ0) is 24.1. The Kier molecular flexibility index (Phi) is 18.6. The molecule has 7 nitrogen and oxygen atoms in total. The van der Waals surface area contributed by atoms with Gasteiger partial charge in [0, 0.05) is 12.4 Å². The van der Waals surface area contributed by atoms with Gasteiger partial charge in [-0.2, -0.15) is 0 Å². The fourth-order valence-electron chi connectivity index (χ4n) is 4.13. The van der Waals surface area contributed by atoms with Gasteiger partial charge in [0.25, 0.3) is 0 Å². The van der Waals surface area contributed by atoms with Crippen molar-refractivity contribution in [2.75, 3.05) is 26.2 Å². The molecular formula is C25H45NO6. The van der Waals surface area contributed by atoms with Crippen LogP contribution in [0.15, 0.2) is 12.2 Å². The maximum atomic E-state index is 11.1. The van der Waals surface area contributed by atoms with Gasteiger partial charge in [-0.3, -0.25) is 9.59 Å². The molecule has 0 unspecified atom stereocenters. The van der Waals surface area contributed by atoms with Gasteiger partial charge in [-0.1, -0.05) is 63.5 Å². The molecule has 0 aromatic carbocycles. The summed E-state index contributed by atoms with van der Waals surface area (Å²) in [5, 5.41) is 29.1. The minimum Gasteiger partial charge on any atom is -0.550 e. The van der Waals surface area contributed by atoms with Crippen molar-refractivity contribution in [3.8, 4) is 0 Å². The van der Waals surface area contributed by atoms with Crippen molar-refractivity contribution in [2.24, 2.45) is 0 Å². The molecule has 0 atom stereocenters. The highest BCUT2D eigenvalue weighted by atomic mass is 16.4. The first-order valence-corrected chi connectivity index (χ1v) is 12.4. The Morgan fingerprint density at radius 2 is 1.06 bits per heavy atom. The van der Waals surface area contributed by atoms with E-state index >= 15 is 0 Å². The minimum atomic E-state index is -1.18. The third-order valence-electron chi connectivity index (χ3n) is 6.13. The smallest absolute Gasteiger partial charge is 0.309 e. The zero-order valence-corrected chi connectivity index (χ0v) is 20.1. The Bertz CT molecular complexity index is 501. The lowest BCUT2D eigenvalue weighted by atomic mass is 10.0. The maximum Gasteiger partial charge on any atom is 0.309 e. The van der Waals surface area contributed by atoms with Crippen LogP contribution < -0.4 is 5.11 Å². The molecule has 0 amide bonds. The zero-order valence-electron chi connectivity index (χ0n) is 20.1. The van der Waals surface area contributed by atoms with Gasteiger partial charge in [0.15, 0.2) is 0 Å². The van der Waals surface area contributed by atoms with Crippen molar-refractivity contribution in [1.29, 1.82) is 0 Å². The first-order valence-electron chi connectivity index (χ1n) is 12.4. The number of unbranched alkanes of at least 4 members (excludes halogenated alkanes) is 11. The Morgan fingerprint density at radius 3 is 1.47 bits per heavy atom. The van der Waals surface area contributed by atoms with Gasteiger partial charge < -0.3 is 24.6 Å². The number of allylic oxidation sites excluding steroid dienone is 2. The fourth-order valence-corrected chi connectivity index (χ4v) is 4.13. The highest BCUT2D eigenvalue weighted by Crippen LogP contribution is 2.17. The van der Waals surface area contributed by atoms with Crippen molar-refractivity contribution in [3.63, 3.8) is 0 Å². The molecule has 0 fully saturated rings. The first-order chi connectivity index (χ1) is 15.3. The van der Waals surface area contributed by atoms with Crippen LogP contribution in [0.5, 0.6) is 0 Å². The molecule has 186 valence electrons. The molecule has 0 aromatic heterocycles. The van der Waals surface area contributed by atoms with E-state index in [2.05, 4.69) is 19.1 Å². The summed E-state index contributed by atoms with van der Waals surface area (Å²) in [5.74, 6) is -3.08. The highest BCUT2D eigenvalue weighted by molar-refractivity contribution is 5.67. The lowest BCUT2D eigenvalue weighted by Gasteiger charge is -2.38. The molecule has 0 saturated carbocycles. The van der Waals surface area contributed by atoms with Crippen LogP contribution in [0, 0.1) is 0 Å². The number of carboxylic acids is 3. The molecule has 0 aliphatic heterocycles. The molecule has 0 aliphatic rings. The summed E-state index contributed by atoms with van der Waals surface area (Å²) < 4.78 is 0.223. The summed E-state index contributed by atoms with van der Waals surface area (Å²) in [6.07, 6.45) is 18.3. The number of carbonyl (C=O) groups excluding carboxylic acids is 1. The lowest BCUT2D eigenvalue weighted by Crippen LogP contribution is -2.53. The van der Waals surface area contributed by atoms with Crippen LogP contribution in [-0.4, -0.2) is 58.8 Å². The predicted octanol–water partition coefficient (Wildman–Crippen LogP) is 4.15. The van der Waals surface area contributed by atoms with Crippen molar-refractivity contribution < 1.29 is 34.2 Å². The van der Waals surface area contributed by atoms with Gasteiger partial charge >= 0.3 is 11.9 Å². The molecule has 0 heterocycles. The molecule has 0 saturated heterocycles. The van der Waals surface area contributed by atoms with Gasteiger partial charge in [-0.05, 0) is 32.6 Å². The minimum absolute atomic E-state index is 0.0953. The maximum absolute atomic E-state index is 11.1. The van der Waals surface area contributed by atoms with E-state index in [0.717, 1.165) is 19.3 Å². The summed E-state index contributed by atoms with van der Waals surface area (Å²) in [4.78, 5) is 33.1. The second-order valence-corrected chi connectivity index (χ2v) is 8.89. The largest absolute Gasteiger partial charge is 0.550 e. The summed E-state index contributed by atoms with van der Waals surface area (Å²) in [6.45, 7) is 3.40. The number of rotatable bonds is 23. The summed E-state index contributed by atoms with van der Waals surface area (Å²) in [6, 6.07) is 0. The number of hydrogen-bond acceptors (Lipinski definition) is 4. The summed E-state index contributed by atoms with van der Waals surface area (Å²) >= 11 is 0. The Balaban J connectivity index is 4.18.